The van der Waals surface area contributed by atoms with E-state index >= 15 is 0 Å². The molecule has 0 fully saturated rings. The van der Waals surface area contributed by atoms with Gasteiger partial charge in [0.15, 0.2) is 17.3 Å². The zero-order valence-corrected chi connectivity index (χ0v) is 21.1. The molecule has 4 rings (SSSR count). The third kappa shape index (κ3) is 5.05. The maximum absolute atomic E-state index is 13.7. The molecule has 7 nitrogen and oxygen atoms in total. The molecule has 2 aromatic rings. The monoisotopic (exact) mass is 489 g/mol. The van der Waals surface area contributed by atoms with Gasteiger partial charge in [0.2, 0.25) is 0 Å². The molecule has 2 atom stereocenters. The number of esters is 2. The van der Waals surface area contributed by atoms with Gasteiger partial charge in [-0.2, -0.15) is 0 Å². The number of nitrogens with one attached hydrogen (secondary N) is 1. The van der Waals surface area contributed by atoms with Crippen LogP contribution in [0.15, 0.2) is 71.1 Å². The van der Waals surface area contributed by atoms with E-state index in [4.69, 9.17) is 14.2 Å². The highest BCUT2D eigenvalue weighted by molar-refractivity contribution is 6.04. The van der Waals surface area contributed by atoms with Crippen LogP contribution in [0, 0.1) is 0 Å². The third-order valence-corrected chi connectivity index (χ3v) is 6.53. The molecule has 0 radical (unpaired) electrons. The van der Waals surface area contributed by atoms with E-state index < -0.39 is 17.9 Å². The largest absolute Gasteiger partial charge is 0.493 e. The van der Waals surface area contributed by atoms with Crippen LogP contribution in [-0.4, -0.2) is 31.4 Å². The van der Waals surface area contributed by atoms with Gasteiger partial charge in [0.1, 0.15) is 0 Å². The van der Waals surface area contributed by atoms with Gasteiger partial charge in [-0.1, -0.05) is 43.3 Å². The van der Waals surface area contributed by atoms with E-state index in [1.165, 1.54) is 14.0 Å². The van der Waals surface area contributed by atoms with E-state index in [0.717, 1.165) is 11.3 Å². The molecule has 0 unspecified atom stereocenters. The lowest BCUT2D eigenvalue weighted by molar-refractivity contribution is -0.139. The molecule has 36 heavy (non-hydrogen) atoms. The molecule has 1 N–H and O–H groups in total. The number of hydrogen-bond acceptors (Lipinski definition) is 7. The van der Waals surface area contributed by atoms with Gasteiger partial charge in [-0.3, -0.25) is 9.59 Å². The number of ketones is 1. The van der Waals surface area contributed by atoms with Gasteiger partial charge >= 0.3 is 11.9 Å². The third-order valence-electron chi connectivity index (χ3n) is 6.53. The molecule has 2 aliphatic rings. The van der Waals surface area contributed by atoms with Gasteiger partial charge in [-0.15, -0.1) is 0 Å². The summed E-state index contributed by atoms with van der Waals surface area (Å²) in [6.07, 6.45) is 1.69. The van der Waals surface area contributed by atoms with Crippen molar-refractivity contribution >= 4 is 17.7 Å². The number of carbonyl (C=O) groups is 3. The second kappa shape index (κ2) is 10.8. The van der Waals surface area contributed by atoms with Gasteiger partial charge in [0.05, 0.1) is 19.3 Å². The van der Waals surface area contributed by atoms with Crippen LogP contribution in [-0.2, 0) is 19.1 Å². The van der Waals surface area contributed by atoms with Crippen molar-refractivity contribution in [1.29, 1.82) is 0 Å². The minimum atomic E-state index is -0.630. The molecule has 0 spiro atoms. The van der Waals surface area contributed by atoms with Crippen LogP contribution in [0.25, 0.3) is 0 Å². The van der Waals surface area contributed by atoms with Crippen LogP contribution in [0.5, 0.6) is 11.5 Å². The highest BCUT2D eigenvalue weighted by Crippen LogP contribution is 2.47. The molecule has 0 aromatic heterocycles. The predicted octanol–water partition coefficient (Wildman–Crippen LogP) is 4.94. The molecule has 0 bridgehead atoms. The summed E-state index contributed by atoms with van der Waals surface area (Å²) in [6, 6.07) is 15.1. The van der Waals surface area contributed by atoms with Gasteiger partial charge < -0.3 is 19.5 Å². The average molecular weight is 490 g/mol. The molecule has 7 heteroatoms. The zero-order valence-electron chi connectivity index (χ0n) is 21.1. The molecule has 188 valence electrons. The second-order valence-corrected chi connectivity index (χ2v) is 9.07. The summed E-state index contributed by atoms with van der Waals surface area (Å²) < 4.78 is 16.3. The first-order chi connectivity index (χ1) is 17.3. The standard InChI is InChI=1S/C29H31NO6/c1-5-13-35-29(33)26-17(2)30-22-14-21(19-9-7-6-8-10-19)15-23(32)28(22)27(26)20-11-12-24(36-18(3)31)25(16-20)34-4/h6-12,16,21,27,30H,5,13-15H2,1-4H3/t21-,27-/m1/s1. The lowest BCUT2D eigenvalue weighted by Crippen LogP contribution is -2.36. The van der Waals surface area contributed by atoms with Crippen molar-refractivity contribution in [1.82, 2.24) is 5.32 Å². The fourth-order valence-corrected chi connectivity index (χ4v) is 4.98. The SMILES string of the molecule is CCCOC(=O)C1=C(C)NC2=C(C(=O)C[C@H](c3ccccc3)C2)[C@@H]1c1ccc(OC(C)=O)c(OC)c1. The summed E-state index contributed by atoms with van der Waals surface area (Å²) in [5, 5.41) is 3.36. The first kappa shape index (κ1) is 25.2. The van der Waals surface area contributed by atoms with Gasteiger partial charge in [-0.05, 0) is 48.9 Å². The van der Waals surface area contributed by atoms with Crippen molar-refractivity contribution in [2.75, 3.05) is 13.7 Å². The molecular weight excluding hydrogens is 458 g/mol. The molecule has 1 aliphatic heterocycles. The number of carbonyl (C=O) groups excluding carboxylic acids is 3. The Bertz CT molecular complexity index is 1240. The molecular formula is C29H31NO6. The van der Waals surface area contributed by atoms with Crippen molar-refractivity contribution in [2.24, 2.45) is 0 Å². The maximum Gasteiger partial charge on any atom is 0.336 e. The highest BCUT2D eigenvalue weighted by atomic mass is 16.6. The van der Waals surface area contributed by atoms with E-state index in [1.54, 1.807) is 18.2 Å². The molecule has 1 heterocycles. The summed E-state index contributed by atoms with van der Waals surface area (Å²) in [6.45, 7) is 5.36. The normalized spacial score (nSPS) is 19.4. The predicted molar refractivity (Wildman–Crippen MR) is 135 cm³/mol. The second-order valence-electron chi connectivity index (χ2n) is 9.07. The van der Waals surface area contributed by atoms with Gasteiger partial charge in [0, 0.05) is 36.2 Å². The zero-order chi connectivity index (χ0) is 25.8. The summed E-state index contributed by atoms with van der Waals surface area (Å²) in [5.41, 5.74) is 4.24. The summed E-state index contributed by atoms with van der Waals surface area (Å²) in [5.74, 6) is -0.914. The number of rotatable bonds is 7. The Morgan fingerprint density at radius 1 is 1.03 bits per heavy atom. The van der Waals surface area contributed by atoms with E-state index in [2.05, 4.69) is 5.32 Å². The topological polar surface area (TPSA) is 90.9 Å². The highest BCUT2D eigenvalue weighted by Gasteiger charge is 2.41. The number of dihydropyridines is 1. The average Bonchev–Trinajstić information content (AvgIpc) is 2.86. The van der Waals surface area contributed by atoms with Crippen LogP contribution < -0.4 is 14.8 Å². The Morgan fingerprint density at radius 3 is 2.44 bits per heavy atom. The smallest absolute Gasteiger partial charge is 0.336 e. The number of benzene rings is 2. The van der Waals surface area contributed by atoms with Crippen LogP contribution in [0.1, 0.15) is 63.0 Å². The van der Waals surface area contributed by atoms with E-state index in [1.807, 2.05) is 44.2 Å². The molecule has 0 saturated heterocycles. The minimum Gasteiger partial charge on any atom is -0.493 e. The van der Waals surface area contributed by atoms with E-state index in [-0.39, 0.29) is 24.1 Å². The summed E-state index contributed by atoms with van der Waals surface area (Å²) >= 11 is 0. The fourth-order valence-electron chi connectivity index (χ4n) is 4.98. The lowest BCUT2D eigenvalue weighted by Gasteiger charge is -2.36. The van der Waals surface area contributed by atoms with Crippen LogP contribution in [0.3, 0.4) is 0 Å². The summed E-state index contributed by atoms with van der Waals surface area (Å²) in [4.78, 5) is 38.4. The Hall–Kier alpha value is -3.87. The molecule has 2 aromatic carbocycles. The Balaban J connectivity index is 1.81. The van der Waals surface area contributed by atoms with Crippen molar-refractivity contribution < 1.29 is 28.6 Å². The van der Waals surface area contributed by atoms with Crippen LogP contribution in [0.4, 0.5) is 0 Å². The number of ether oxygens (including phenoxy) is 3. The van der Waals surface area contributed by atoms with Crippen molar-refractivity contribution in [3.63, 3.8) is 0 Å². The van der Waals surface area contributed by atoms with Crippen molar-refractivity contribution in [3.05, 3.63) is 82.2 Å². The van der Waals surface area contributed by atoms with E-state index in [9.17, 15) is 14.4 Å². The summed E-state index contributed by atoms with van der Waals surface area (Å²) in [7, 11) is 1.48. The molecule has 1 aliphatic carbocycles. The molecule has 0 saturated carbocycles. The minimum absolute atomic E-state index is 0.0149. The van der Waals surface area contributed by atoms with Gasteiger partial charge in [0.25, 0.3) is 0 Å². The fraction of sp³-hybridized carbons (Fsp3) is 0.345. The Kier molecular flexibility index (Phi) is 7.58. The Labute approximate surface area is 211 Å². The molecule has 0 amide bonds. The number of methoxy groups -OCH3 is 1. The van der Waals surface area contributed by atoms with Crippen LogP contribution >= 0.6 is 0 Å². The van der Waals surface area contributed by atoms with Gasteiger partial charge in [-0.25, -0.2) is 4.79 Å². The van der Waals surface area contributed by atoms with Crippen LogP contribution in [0.2, 0.25) is 0 Å². The first-order valence-corrected chi connectivity index (χ1v) is 12.2. The Morgan fingerprint density at radius 2 is 1.78 bits per heavy atom. The number of hydrogen-bond donors (Lipinski definition) is 1. The van der Waals surface area contributed by atoms with Crippen molar-refractivity contribution in [3.8, 4) is 11.5 Å². The number of allylic oxidation sites excluding steroid dienone is 3. The number of Topliss-reactive ketones (excluding diaryl/α,β-unsaturated/α-hetero) is 1. The lowest BCUT2D eigenvalue weighted by atomic mass is 9.71. The quantitative estimate of drug-likeness (QED) is 0.435. The first-order valence-electron chi connectivity index (χ1n) is 12.2. The maximum atomic E-state index is 13.7. The van der Waals surface area contributed by atoms with E-state index in [0.29, 0.717) is 47.4 Å². The van der Waals surface area contributed by atoms with Crippen molar-refractivity contribution in [2.45, 2.75) is 51.9 Å².